The average molecular weight is 816 g/mol. The second-order valence-corrected chi connectivity index (χ2v) is 8.50. The second-order valence-electron chi connectivity index (χ2n) is 8.50. The van der Waals surface area contributed by atoms with Gasteiger partial charge in [0.1, 0.15) is 28.8 Å². The van der Waals surface area contributed by atoms with Gasteiger partial charge in [0.2, 0.25) is 0 Å². The van der Waals surface area contributed by atoms with Crippen molar-refractivity contribution in [2.24, 2.45) is 15.7 Å². The monoisotopic (exact) mass is 815 g/mol. The Kier molecular flexibility index (Phi) is 15.9. The van der Waals surface area contributed by atoms with Crippen LogP contribution in [0.15, 0.2) is 70.6 Å². The number of carbonyl (C=O) groups is 2. The fourth-order valence-electron chi connectivity index (χ4n) is 3.57. The Bertz CT molecular complexity index is 1410. The number of ether oxygens (including phenoxy) is 4. The molecule has 11 nitrogen and oxygen atoms in total. The van der Waals surface area contributed by atoms with Gasteiger partial charge in [0, 0.05) is 12.1 Å². The molecule has 0 heterocycles. The minimum atomic E-state index is -0.541. The molecule has 0 saturated heterocycles. The summed E-state index contributed by atoms with van der Waals surface area (Å²) in [4.78, 5) is 32.3. The molecule has 43 heavy (non-hydrogen) atoms. The van der Waals surface area contributed by atoms with Gasteiger partial charge >= 0.3 is 43.1 Å². The van der Waals surface area contributed by atoms with E-state index in [-0.39, 0.29) is 117 Å². The maximum atomic E-state index is 11.6. The molecule has 1 unspecified atom stereocenters. The van der Waals surface area contributed by atoms with E-state index in [1.54, 1.807) is 32.0 Å². The van der Waals surface area contributed by atoms with E-state index in [9.17, 15) is 19.8 Å². The predicted octanol–water partition coefficient (Wildman–Crippen LogP) is 4.15. The van der Waals surface area contributed by atoms with Crippen molar-refractivity contribution in [3.05, 3.63) is 90.8 Å². The number of aromatic hydroxyl groups is 2. The Morgan fingerprint density at radius 1 is 0.860 bits per heavy atom. The fraction of sp³-hybridized carbons (Fsp3) is 0.258. The van der Waals surface area contributed by atoms with Crippen LogP contribution >= 0.6 is 0 Å². The number of nitrogens with zero attached hydrogens (tertiary/aromatic N) is 2. The number of benzene rings is 3. The fourth-order valence-corrected chi connectivity index (χ4v) is 3.57. The summed E-state index contributed by atoms with van der Waals surface area (Å²) >= 11 is 0. The molecule has 0 amide bonds. The van der Waals surface area contributed by atoms with Crippen LogP contribution in [0.2, 0.25) is 0 Å². The quantitative estimate of drug-likeness (QED) is 0.106. The Labute approximate surface area is 275 Å². The molecule has 4 N–H and O–H groups in total. The molecule has 0 saturated carbocycles. The van der Waals surface area contributed by atoms with E-state index in [1.807, 2.05) is 19.1 Å². The first kappa shape index (κ1) is 37.0. The molecule has 3 rings (SSSR count). The Hall–Kier alpha value is -4.01. The number of hydrogen-bond donors (Lipinski definition) is 3. The van der Waals surface area contributed by atoms with Gasteiger partial charge < -0.3 is 42.3 Å². The molecule has 226 valence electrons. The van der Waals surface area contributed by atoms with E-state index >= 15 is 0 Å². The summed E-state index contributed by atoms with van der Waals surface area (Å²) < 4.78 is 20.4. The number of nitrogens with two attached hydrogens (primary N) is 1. The molecule has 3 aromatic rings. The van der Waals surface area contributed by atoms with Gasteiger partial charge in [0.25, 0.3) is 0 Å². The number of amidine groups is 2. The van der Waals surface area contributed by atoms with Crippen LogP contribution in [0.5, 0.6) is 23.0 Å². The molecule has 0 bridgehead atoms. The smallest absolute Gasteiger partial charge is 0.507 e. The van der Waals surface area contributed by atoms with Gasteiger partial charge in [-0.25, -0.2) is 14.6 Å². The molecular weight excluding hydrogens is 780 g/mol. The van der Waals surface area contributed by atoms with Crippen LogP contribution in [0.1, 0.15) is 43.5 Å². The van der Waals surface area contributed by atoms with Gasteiger partial charge in [-0.15, -0.1) is 5.56 Å². The van der Waals surface area contributed by atoms with Crippen molar-refractivity contribution in [3.63, 3.8) is 0 Å². The van der Waals surface area contributed by atoms with E-state index in [1.165, 1.54) is 30.3 Å². The van der Waals surface area contributed by atoms with Gasteiger partial charge in [-0.05, 0) is 45.0 Å². The van der Waals surface area contributed by atoms with Gasteiger partial charge in [-0.2, -0.15) is 30.3 Å². The molecule has 0 aliphatic rings. The number of carbonyl (C=O) groups excluding carboxylic acids is 2. The van der Waals surface area contributed by atoms with Gasteiger partial charge in [-0.1, -0.05) is 0 Å². The van der Waals surface area contributed by atoms with Crippen LogP contribution in [0, 0.1) is 44.6 Å². The molecule has 0 fully saturated rings. The molecule has 3 aromatic carbocycles. The molecule has 0 aliphatic heterocycles. The van der Waals surface area contributed by atoms with E-state index in [4.69, 9.17) is 24.7 Å². The second kappa shape index (κ2) is 18.5. The van der Waals surface area contributed by atoms with Crippen LogP contribution in [0.4, 0.5) is 0 Å². The van der Waals surface area contributed by atoms with Crippen LogP contribution in [-0.2, 0) is 19.1 Å². The summed E-state index contributed by atoms with van der Waals surface area (Å²) in [6.07, 6.45) is 0. The summed E-state index contributed by atoms with van der Waals surface area (Å²) in [6.45, 7) is 5.04. The third kappa shape index (κ3) is 11.3. The third-order valence-electron chi connectivity index (χ3n) is 5.55. The van der Waals surface area contributed by atoms with Crippen molar-refractivity contribution < 1.29 is 69.9 Å². The number of rotatable bonds is 12. The molecule has 0 aromatic heterocycles. The first-order valence-corrected chi connectivity index (χ1v) is 12.8. The normalized spacial score (nSPS) is 11.8. The molecule has 12 heteroatoms. The number of aliphatic imine (C=N–C) groups is 2. The predicted molar refractivity (Wildman–Crippen MR) is 158 cm³/mol. The zero-order valence-electron chi connectivity index (χ0n) is 24.5. The number of phenolic OH excluding ortho intramolecular Hbond substituents is 2. The molecule has 1 atom stereocenters. The number of phenols is 2. The number of hydrogen-bond acceptors (Lipinski definition) is 9. The van der Waals surface area contributed by atoms with Crippen LogP contribution in [0.3, 0.4) is 0 Å². The van der Waals surface area contributed by atoms with Crippen molar-refractivity contribution in [3.8, 4) is 23.0 Å². The van der Waals surface area contributed by atoms with Gasteiger partial charge in [-0.3, -0.25) is 4.99 Å². The van der Waals surface area contributed by atoms with Crippen molar-refractivity contribution in [1.82, 2.24) is 0 Å². The van der Waals surface area contributed by atoms with E-state index in [0.717, 1.165) is 5.56 Å². The minimum absolute atomic E-state index is 0. The minimum Gasteiger partial charge on any atom is -0.507 e. The maximum absolute atomic E-state index is 11.6. The topological polar surface area (TPSA) is 162 Å². The summed E-state index contributed by atoms with van der Waals surface area (Å²) in [5.41, 5.74) is 7.57. The summed E-state index contributed by atoms with van der Waals surface area (Å²) in [5, 5.41) is 21.4. The molecule has 0 spiro atoms. The zero-order valence-corrected chi connectivity index (χ0v) is 28.7. The average Bonchev–Trinajstić information content (AvgIpc) is 2.95. The number of esters is 2. The van der Waals surface area contributed by atoms with E-state index in [2.05, 4.69) is 16.1 Å². The Morgan fingerprint density at radius 2 is 1.35 bits per heavy atom. The summed E-state index contributed by atoms with van der Waals surface area (Å²) in [6, 6.07) is 18.5. The SMILES string of the molecule is CCOC(=O)COc1ccc(C(N)=NC(=NC(C)c2cc[c-]cc2)c2ccc(OCC(=O)OCC)cc2O)c(O)c1.[CH3-].[U+2]. The van der Waals surface area contributed by atoms with Crippen LogP contribution < -0.4 is 15.2 Å². The van der Waals surface area contributed by atoms with E-state index < -0.39 is 11.9 Å². The van der Waals surface area contributed by atoms with Crippen molar-refractivity contribution in [2.75, 3.05) is 26.4 Å². The first-order chi connectivity index (χ1) is 19.7. The zero-order chi connectivity index (χ0) is 29.8. The third-order valence-corrected chi connectivity index (χ3v) is 5.55. The largest absolute Gasteiger partial charge is 2.00 e. The van der Waals surface area contributed by atoms with E-state index in [0.29, 0.717) is 0 Å². The molecule has 0 radical (unpaired) electrons. The first-order valence-electron chi connectivity index (χ1n) is 12.8. The summed E-state index contributed by atoms with van der Waals surface area (Å²) in [5.74, 6) is -1.09. The van der Waals surface area contributed by atoms with Crippen LogP contribution in [0.25, 0.3) is 0 Å². The van der Waals surface area contributed by atoms with Crippen molar-refractivity contribution in [1.29, 1.82) is 0 Å². The van der Waals surface area contributed by atoms with Crippen molar-refractivity contribution in [2.45, 2.75) is 26.8 Å². The summed E-state index contributed by atoms with van der Waals surface area (Å²) in [7, 11) is 0. The van der Waals surface area contributed by atoms with Crippen molar-refractivity contribution >= 4 is 23.6 Å². The standard InChI is InChI=1S/C30H32N3O8.CH3.U/c1-4-38-27(36)17-40-21-11-13-23(25(34)15-21)29(31)33-30(32-19(3)20-9-7-6-8-10-20)24-14-12-22(16-26(24)35)41-18-28(37)39-5-2;;/h7-16,19,34-35H,4-5,17-18H2,1-3H3,(H2,31,32,33);1H3;/q2*-1;+2. The maximum Gasteiger partial charge on any atom is 2.00 e. The van der Waals surface area contributed by atoms with Crippen LogP contribution in [-0.4, -0.2) is 60.3 Å². The van der Waals surface area contributed by atoms with Gasteiger partial charge in [0.05, 0.1) is 30.4 Å². The van der Waals surface area contributed by atoms with Gasteiger partial charge in [0.15, 0.2) is 19.0 Å². The Balaban J connectivity index is 0.00000462. The molecular formula is C31H35N3O8U. The molecule has 0 aliphatic carbocycles. The Morgan fingerprint density at radius 3 is 1.81 bits per heavy atom.